The molecule has 0 spiro atoms. The molecule has 0 radical (unpaired) electrons. The molecule has 0 saturated carbocycles. The van der Waals surface area contributed by atoms with E-state index >= 15 is 0 Å². The third-order valence-corrected chi connectivity index (χ3v) is 4.05. The molecular weight excluding hydrogens is 318 g/mol. The second kappa shape index (κ2) is 5.73. The van der Waals surface area contributed by atoms with Crippen LogP contribution in [0.5, 0.6) is 11.5 Å². The van der Waals surface area contributed by atoms with Gasteiger partial charge >= 0.3 is 6.01 Å². The summed E-state index contributed by atoms with van der Waals surface area (Å²) in [5.41, 5.74) is 0. The molecule has 0 aliphatic carbocycles. The maximum atomic E-state index is 12.2. The van der Waals surface area contributed by atoms with Crippen LogP contribution in [0.4, 0.5) is 6.01 Å². The minimum atomic E-state index is -0.776. The summed E-state index contributed by atoms with van der Waals surface area (Å²) < 4.78 is 16.5. The number of anilines is 1. The Morgan fingerprint density at radius 2 is 2.04 bits per heavy atom. The van der Waals surface area contributed by atoms with E-state index in [-0.39, 0.29) is 12.6 Å². The maximum Gasteiger partial charge on any atom is 0.322 e. The van der Waals surface area contributed by atoms with Crippen molar-refractivity contribution in [3.8, 4) is 22.3 Å². The molecule has 2 aromatic heterocycles. The fraction of sp³-hybridized carbons (Fsp3) is 0.133. The van der Waals surface area contributed by atoms with Crippen molar-refractivity contribution in [1.29, 1.82) is 0 Å². The summed E-state index contributed by atoms with van der Waals surface area (Å²) in [6, 6.07) is 11.0. The number of ether oxygens (including phenoxy) is 2. The number of thiophene rings is 1. The maximum absolute atomic E-state index is 12.2. The van der Waals surface area contributed by atoms with Crippen LogP contribution in [0.2, 0.25) is 0 Å². The Labute approximate surface area is 134 Å². The second-order valence-corrected chi connectivity index (χ2v) is 5.69. The Bertz CT molecular complexity index is 831. The van der Waals surface area contributed by atoms with Crippen molar-refractivity contribution in [3.05, 3.63) is 41.8 Å². The van der Waals surface area contributed by atoms with Crippen molar-refractivity contribution in [2.45, 2.75) is 6.10 Å². The molecule has 1 aliphatic rings. The zero-order valence-electron chi connectivity index (χ0n) is 11.8. The Morgan fingerprint density at radius 1 is 1.17 bits per heavy atom. The van der Waals surface area contributed by atoms with E-state index in [0.717, 1.165) is 4.88 Å². The van der Waals surface area contributed by atoms with Gasteiger partial charge in [-0.05, 0) is 23.6 Å². The van der Waals surface area contributed by atoms with Crippen LogP contribution in [0.1, 0.15) is 0 Å². The van der Waals surface area contributed by atoms with Gasteiger partial charge in [0.05, 0.1) is 4.88 Å². The van der Waals surface area contributed by atoms with E-state index in [4.69, 9.17) is 13.9 Å². The lowest BCUT2D eigenvalue weighted by Gasteiger charge is -2.24. The molecule has 1 amide bonds. The third-order valence-electron chi connectivity index (χ3n) is 3.19. The molecule has 1 unspecified atom stereocenters. The number of nitrogens with one attached hydrogen (secondary N) is 1. The van der Waals surface area contributed by atoms with Crippen molar-refractivity contribution >= 4 is 23.3 Å². The van der Waals surface area contributed by atoms with Gasteiger partial charge in [-0.2, -0.15) is 0 Å². The van der Waals surface area contributed by atoms with E-state index in [1.165, 1.54) is 11.3 Å². The molecule has 0 bridgehead atoms. The number of rotatable bonds is 3. The lowest BCUT2D eigenvalue weighted by atomic mass is 10.2. The molecule has 3 heterocycles. The average molecular weight is 329 g/mol. The number of fused-ring (bicyclic) bond motifs is 1. The summed E-state index contributed by atoms with van der Waals surface area (Å²) in [4.78, 5) is 13.1. The zero-order valence-corrected chi connectivity index (χ0v) is 12.6. The largest absolute Gasteiger partial charge is 0.485 e. The summed E-state index contributed by atoms with van der Waals surface area (Å²) >= 11 is 1.47. The van der Waals surface area contributed by atoms with Crippen molar-refractivity contribution < 1.29 is 18.7 Å². The van der Waals surface area contributed by atoms with Gasteiger partial charge in [-0.1, -0.05) is 23.3 Å². The molecule has 8 heteroatoms. The summed E-state index contributed by atoms with van der Waals surface area (Å²) in [6.07, 6.45) is -0.776. The molecule has 1 atom stereocenters. The van der Waals surface area contributed by atoms with Gasteiger partial charge in [0, 0.05) is 0 Å². The van der Waals surface area contributed by atoms with Crippen LogP contribution in [0, 0.1) is 0 Å². The van der Waals surface area contributed by atoms with Gasteiger partial charge < -0.3 is 13.9 Å². The normalized spacial score (nSPS) is 16.1. The summed E-state index contributed by atoms with van der Waals surface area (Å²) in [6.45, 7) is 0.120. The summed E-state index contributed by atoms with van der Waals surface area (Å²) in [7, 11) is 0. The molecule has 0 fully saturated rings. The number of hydrogen-bond donors (Lipinski definition) is 1. The molecule has 1 aliphatic heterocycles. The fourth-order valence-electron chi connectivity index (χ4n) is 2.11. The Balaban J connectivity index is 1.45. The molecule has 23 heavy (non-hydrogen) atoms. The van der Waals surface area contributed by atoms with Crippen LogP contribution in [0.25, 0.3) is 10.8 Å². The predicted molar refractivity (Wildman–Crippen MR) is 82.6 cm³/mol. The Morgan fingerprint density at radius 3 is 2.87 bits per heavy atom. The van der Waals surface area contributed by atoms with Crippen LogP contribution in [0.3, 0.4) is 0 Å². The molecule has 4 rings (SSSR count). The van der Waals surface area contributed by atoms with Crippen LogP contribution in [-0.4, -0.2) is 28.8 Å². The van der Waals surface area contributed by atoms with E-state index in [2.05, 4.69) is 15.5 Å². The third kappa shape index (κ3) is 2.76. The van der Waals surface area contributed by atoms with Crippen molar-refractivity contribution in [3.63, 3.8) is 0 Å². The van der Waals surface area contributed by atoms with Gasteiger partial charge in [0.25, 0.3) is 11.8 Å². The molecular formula is C15H11N3O4S. The molecule has 0 saturated heterocycles. The summed E-state index contributed by atoms with van der Waals surface area (Å²) in [5, 5.41) is 12.2. The number of carbonyl (C=O) groups excluding carboxylic acids is 1. The quantitative estimate of drug-likeness (QED) is 0.795. The van der Waals surface area contributed by atoms with Gasteiger partial charge in [-0.25, -0.2) is 0 Å². The number of aromatic nitrogens is 2. The minimum Gasteiger partial charge on any atom is -0.485 e. The van der Waals surface area contributed by atoms with Gasteiger partial charge in [-0.3, -0.25) is 10.1 Å². The number of para-hydroxylation sites is 2. The lowest BCUT2D eigenvalue weighted by molar-refractivity contribution is -0.125. The van der Waals surface area contributed by atoms with E-state index < -0.39 is 12.0 Å². The number of amides is 1. The van der Waals surface area contributed by atoms with Crippen LogP contribution in [-0.2, 0) is 4.79 Å². The topological polar surface area (TPSA) is 86.5 Å². The lowest BCUT2D eigenvalue weighted by Crippen LogP contribution is -2.40. The van der Waals surface area contributed by atoms with Crippen molar-refractivity contribution in [1.82, 2.24) is 10.2 Å². The molecule has 1 N–H and O–H groups in total. The number of nitrogens with zero attached hydrogens (tertiary/aromatic N) is 2. The number of hydrogen-bond acceptors (Lipinski definition) is 7. The highest BCUT2D eigenvalue weighted by molar-refractivity contribution is 7.13. The van der Waals surface area contributed by atoms with Gasteiger partial charge in [-0.15, -0.1) is 16.4 Å². The van der Waals surface area contributed by atoms with Gasteiger partial charge in [0.1, 0.15) is 6.61 Å². The molecule has 7 nitrogen and oxygen atoms in total. The first kappa shape index (κ1) is 13.8. The van der Waals surface area contributed by atoms with E-state index in [1.54, 1.807) is 12.1 Å². The van der Waals surface area contributed by atoms with Crippen LogP contribution >= 0.6 is 11.3 Å². The van der Waals surface area contributed by atoms with E-state index in [9.17, 15) is 4.79 Å². The van der Waals surface area contributed by atoms with Gasteiger partial charge in [0.15, 0.2) is 11.5 Å². The highest BCUT2D eigenvalue weighted by atomic mass is 32.1. The van der Waals surface area contributed by atoms with E-state index in [0.29, 0.717) is 17.4 Å². The highest BCUT2D eigenvalue weighted by Gasteiger charge is 2.28. The first-order valence-corrected chi connectivity index (χ1v) is 7.74. The first-order valence-electron chi connectivity index (χ1n) is 6.86. The molecule has 1 aromatic carbocycles. The number of benzene rings is 1. The molecule has 116 valence electrons. The van der Waals surface area contributed by atoms with Crippen LogP contribution < -0.4 is 14.8 Å². The predicted octanol–water partition coefficient (Wildman–Crippen LogP) is 2.58. The Hall–Kier alpha value is -2.87. The average Bonchev–Trinajstić information content (AvgIpc) is 3.25. The Kier molecular flexibility index (Phi) is 3.43. The standard InChI is InChI=1S/C15H11N3O4S/c19-13(11-8-20-9-4-1-2-5-10(9)21-11)16-15-18-17-14(22-15)12-6-3-7-23-12/h1-7,11H,8H2,(H,16,18,19). The van der Waals surface area contributed by atoms with Crippen molar-refractivity contribution in [2.24, 2.45) is 0 Å². The monoisotopic (exact) mass is 329 g/mol. The smallest absolute Gasteiger partial charge is 0.322 e. The minimum absolute atomic E-state index is 0.0286. The first-order chi connectivity index (χ1) is 11.3. The number of carbonyl (C=O) groups is 1. The SMILES string of the molecule is O=C(Nc1nnc(-c2cccs2)o1)C1COc2ccccc2O1. The zero-order chi connectivity index (χ0) is 15.6. The summed E-state index contributed by atoms with van der Waals surface area (Å²) in [5.74, 6) is 1.11. The van der Waals surface area contributed by atoms with Crippen LogP contribution in [0.15, 0.2) is 46.2 Å². The van der Waals surface area contributed by atoms with E-state index in [1.807, 2.05) is 29.6 Å². The molecule has 3 aromatic rings. The highest BCUT2D eigenvalue weighted by Crippen LogP contribution is 2.31. The fourth-order valence-corrected chi connectivity index (χ4v) is 2.75. The van der Waals surface area contributed by atoms with Gasteiger partial charge in [0.2, 0.25) is 6.10 Å². The second-order valence-electron chi connectivity index (χ2n) is 4.74. The van der Waals surface area contributed by atoms with Crippen molar-refractivity contribution in [2.75, 3.05) is 11.9 Å².